The minimum atomic E-state index is -1.07. The Morgan fingerprint density at radius 1 is 1.32 bits per heavy atom. The number of rotatable bonds is 7. The molecule has 140 valence electrons. The molecule has 0 aliphatic heterocycles. The first-order chi connectivity index (χ1) is 11.7. The van der Waals surface area contributed by atoms with Crippen LogP contribution in [0.15, 0.2) is 18.2 Å². The van der Waals surface area contributed by atoms with E-state index in [9.17, 15) is 14.0 Å². The van der Waals surface area contributed by atoms with Gasteiger partial charge in [0.25, 0.3) is 0 Å². The van der Waals surface area contributed by atoms with Gasteiger partial charge in [0.2, 0.25) is 0 Å². The van der Waals surface area contributed by atoms with Crippen molar-refractivity contribution in [2.24, 2.45) is 0 Å². The second-order valence-electron chi connectivity index (χ2n) is 6.22. The molecule has 0 unspecified atom stereocenters. The third-order valence-corrected chi connectivity index (χ3v) is 3.29. The second kappa shape index (κ2) is 9.60. The van der Waals surface area contributed by atoms with Crippen molar-refractivity contribution < 1.29 is 28.2 Å². The maximum absolute atomic E-state index is 14.2. The van der Waals surface area contributed by atoms with E-state index in [1.54, 1.807) is 26.8 Å². The number of esters is 1. The largest absolute Gasteiger partial charge is 0.493 e. The van der Waals surface area contributed by atoms with Gasteiger partial charge < -0.3 is 19.5 Å². The maximum atomic E-state index is 14.2. The van der Waals surface area contributed by atoms with Crippen molar-refractivity contribution in [2.45, 2.75) is 38.8 Å². The van der Waals surface area contributed by atoms with Crippen LogP contribution >= 0.6 is 15.9 Å². The van der Waals surface area contributed by atoms with Gasteiger partial charge in [0, 0.05) is 17.8 Å². The Morgan fingerprint density at radius 3 is 2.52 bits per heavy atom. The molecule has 1 aromatic rings. The summed E-state index contributed by atoms with van der Waals surface area (Å²) < 4.78 is 29.3. The van der Waals surface area contributed by atoms with Gasteiger partial charge in [0.1, 0.15) is 23.2 Å². The van der Waals surface area contributed by atoms with Crippen molar-refractivity contribution in [2.75, 3.05) is 19.0 Å². The Labute approximate surface area is 155 Å². The van der Waals surface area contributed by atoms with E-state index < -0.39 is 29.5 Å². The first kappa shape index (κ1) is 21.2. The summed E-state index contributed by atoms with van der Waals surface area (Å²) in [7, 11) is 1.19. The van der Waals surface area contributed by atoms with Crippen LogP contribution in [0.25, 0.3) is 0 Å². The van der Waals surface area contributed by atoms with Crippen LogP contribution in [0.5, 0.6) is 5.75 Å². The van der Waals surface area contributed by atoms with Crippen LogP contribution in [0.2, 0.25) is 0 Å². The molecule has 6 nitrogen and oxygen atoms in total. The predicted molar refractivity (Wildman–Crippen MR) is 94.6 cm³/mol. The quantitative estimate of drug-likeness (QED) is 0.542. The highest BCUT2D eigenvalue weighted by molar-refractivity contribution is 9.09. The second-order valence-corrected chi connectivity index (χ2v) is 7.01. The van der Waals surface area contributed by atoms with Gasteiger partial charge in [-0.25, -0.2) is 14.0 Å². The summed E-state index contributed by atoms with van der Waals surface area (Å²) in [6.45, 7) is 5.50. The summed E-state index contributed by atoms with van der Waals surface area (Å²) in [6, 6.07) is 3.28. The summed E-state index contributed by atoms with van der Waals surface area (Å²) in [6.07, 6.45) is -0.850. The molecule has 0 aliphatic rings. The van der Waals surface area contributed by atoms with Gasteiger partial charge >= 0.3 is 12.1 Å². The standard InChI is InChI=1S/C17H23BrFNO5/c1-17(2,3)25-16(22)20-14(15(21)23-4)9-11-5-6-12(10-13(11)19)24-8-7-18/h5-6,10,14H,7-9H2,1-4H3,(H,20,22)/t14-/m0/s1. The number of ether oxygens (including phenoxy) is 3. The summed E-state index contributed by atoms with van der Waals surface area (Å²) in [5, 5.41) is 3.03. The molecule has 0 aliphatic carbocycles. The smallest absolute Gasteiger partial charge is 0.408 e. The Bertz CT molecular complexity index is 603. The number of carbonyl (C=O) groups is 2. The number of hydrogen-bond acceptors (Lipinski definition) is 5. The van der Waals surface area contributed by atoms with Crippen LogP contribution in [-0.2, 0) is 20.7 Å². The fourth-order valence-electron chi connectivity index (χ4n) is 1.95. The third-order valence-electron chi connectivity index (χ3n) is 2.97. The van der Waals surface area contributed by atoms with E-state index in [-0.39, 0.29) is 12.0 Å². The predicted octanol–water partition coefficient (Wildman–Crippen LogP) is 3.21. The van der Waals surface area contributed by atoms with E-state index in [4.69, 9.17) is 9.47 Å². The molecule has 25 heavy (non-hydrogen) atoms. The normalized spacial score (nSPS) is 12.2. The highest BCUT2D eigenvalue weighted by atomic mass is 79.9. The molecule has 0 fully saturated rings. The molecule has 1 rings (SSSR count). The average Bonchev–Trinajstić information content (AvgIpc) is 2.51. The zero-order chi connectivity index (χ0) is 19.0. The Kier molecular flexibility index (Phi) is 8.15. The lowest BCUT2D eigenvalue weighted by Crippen LogP contribution is -2.45. The summed E-state index contributed by atoms with van der Waals surface area (Å²) in [4.78, 5) is 23.8. The molecule has 1 aromatic carbocycles. The number of nitrogens with one attached hydrogen (secondary N) is 1. The molecule has 1 N–H and O–H groups in total. The van der Waals surface area contributed by atoms with Crippen molar-refractivity contribution in [3.63, 3.8) is 0 Å². The highest BCUT2D eigenvalue weighted by Gasteiger charge is 2.26. The lowest BCUT2D eigenvalue weighted by Gasteiger charge is -2.22. The molecule has 0 saturated heterocycles. The van der Waals surface area contributed by atoms with E-state index in [0.717, 1.165) is 0 Å². The van der Waals surface area contributed by atoms with Gasteiger partial charge in [0.15, 0.2) is 0 Å². The minimum Gasteiger partial charge on any atom is -0.493 e. The summed E-state index contributed by atoms with van der Waals surface area (Å²) >= 11 is 3.22. The lowest BCUT2D eigenvalue weighted by atomic mass is 10.1. The van der Waals surface area contributed by atoms with Crippen molar-refractivity contribution >= 4 is 28.0 Å². The number of methoxy groups -OCH3 is 1. The van der Waals surface area contributed by atoms with Crippen LogP contribution in [0.1, 0.15) is 26.3 Å². The van der Waals surface area contributed by atoms with E-state index in [1.807, 2.05) is 0 Å². The molecule has 0 heterocycles. The van der Waals surface area contributed by atoms with Gasteiger partial charge in [0.05, 0.1) is 13.7 Å². The molecular formula is C17H23BrFNO5. The summed E-state index contributed by atoms with van der Waals surface area (Å²) in [5.41, 5.74) is -0.470. The monoisotopic (exact) mass is 419 g/mol. The van der Waals surface area contributed by atoms with Crippen LogP contribution in [-0.4, -0.2) is 42.8 Å². The van der Waals surface area contributed by atoms with Crippen molar-refractivity contribution in [3.8, 4) is 5.75 Å². The van der Waals surface area contributed by atoms with Gasteiger partial charge in [-0.05, 0) is 32.4 Å². The number of amides is 1. The molecule has 0 aromatic heterocycles. The number of halogens is 2. The van der Waals surface area contributed by atoms with Gasteiger partial charge in [-0.2, -0.15) is 0 Å². The van der Waals surface area contributed by atoms with Crippen LogP contribution < -0.4 is 10.1 Å². The zero-order valence-corrected chi connectivity index (χ0v) is 16.3. The Hall–Kier alpha value is -1.83. The molecule has 1 amide bonds. The molecule has 0 radical (unpaired) electrons. The fourth-order valence-corrected chi connectivity index (χ4v) is 2.11. The lowest BCUT2D eigenvalue weighted by molar-refractivity contribution is -0.143. The van der Waals surface area contributed by atoms with E-state index in [2.05, 4.69) is 26.0 Å². The van der Waals surface area contributed by atoms with Gasteiger partial charge in [-0.15, -0.1) is 0 Å². The first-order valence-electron chi connectivity index (χ1n) is 7.71. The van der Waals surface area contributed by atoms with E-state index in [1.165, 1.54) is 19.2 Å². The molecule has 0 bridgehead atoms. The van der Waals surface area contributed by atoms with Gasteiger partial charge in [-0.3, -0.25) is 0 Å². The van der Waals surface area contributed by atoms with Crippen LogP contribution in [0, 0.1) is 5.82 Å². The molecule has 0 saturated carbocycles. The first-order valence-corrected chi connectivity index (χ1v) is 8.83. The topological polar surface area (TPSA) is 73.9 Å². The SMILES string of the molecule is COC(=O)[C@H](Cc1ccc(OCCBr)cc1F)NC(=O)OC(C)(C)C. The Balaban J connectivity index is 2.85. The molecular weight excluding hydrogens is 397 g/mol. The van der Waals surface area contributed by atoms with E-state index >= 15 is 0 Å². The fraction of sp³-hybridized carbons (Fsp3) is 0.529. The number of carbonyl (C=O) groups excluding carboxylic acids is 2. The maximum Gasteiger partial charge on any atom is 0.408 e. The third kappa shape index (κ3) is 7.72. The number of alkyl halides is 1. The van der Waals surface area contributed by atoms with Crippen LogP contribution in [0.3, 0.4) is 0 Å². The van der Waals surface area contributed by atoms with Crippen molar-refractivity contribution in [1.82, 2.24) is 5.32 Å². The van der Waals surface area contributed by atoms with Crippen molar-refractivity contribution in [1.29, 1.82) is 0 Å². The Morgan fingerprint density at radius 2 is 2.00 bits per heavy atom. The number of alkyl carbamates (subject to hydrolysis) is 1. The van der Waals surface area contributed by atoms with E-state index in [0.29, 0.717) is 17.7 Å². The number of hydrogen-bond donors (Lipinski definition) is 1. The molecule has 0 spiro atoms. The minimum absolute atomic E-state index is 0.0729. The highest BCUT2D eigenvalue weighted by Crippen LogP contribution is 2.19. The molecule has 8 heteroatoms. The summed E-state index contributed by atoms with van der Waals surface area (Å²) in [5.74, 6) is -0.841. The van der Waals surface area contributed by atoms with Crippen molar-refractivity contribution in [3.05, 3.63) is 29.6 Å². The number of benzene rings is 1. The molecule has 1 atom stereocenters. The average molecular weight is 420 g/mol. The zero-order valence-electron chi connectivity index (χ0n) is 14.7. The van der Waals surface area contributed by atoms with Gasteiger partial charge in [-0.1, -0.05) is 22.0 Å². The van der Waals surface area contributed by atoms with Crippen LogP contribution in [0.4, 0.5) is 9.18 Å².